The maximum atomic E-state index is 12.5. The Morgan fingerprint density at radius 3 is 2.90 bits per heavy atom. The average molecular weight is 294 g/mol. The maximum Gasteiger partial charge on any atom is 0.255 e. The number of rotatable bonds is 2. The molecule has 3 rings (SSSR count). The maximum absolute atomic E-state index is 12.5. The van der Waals surface area contributed by atoms with E-state index in [0.29, 0.717) is 5.56 Å². The molecule has 0 aliphatic rings. The van der Waals surface area contributed by atoms with Gasteiger partial charge in [0.2, 0.25) is 0 Å². The second kappa shape index (κ2) is 5.58. The van der Waals surface area contributed by atoms with Gasteiger partial charge in [0.05, 0.1) is 0 Å². The largest absolute Gasteiger partial charge is 0.321 e. The molecule has 21 heavy (non-hydrogen) atoms. The van der Waals surface area contributed by atoms with Crippen LogP contribution >= 0.6 is 12.6 Å². The van der Waals surface area contributed by atoms with Crippen molar-refractivity contribution in [3.63, 3.8) is 0 Å². The second-order valence-electron chi connectivity index (χ2n) is 4.86. The van der Waals surface area contributed by atoms with Crippen molar-refractivity contribution < 1.29 is 4.79 Å². The van der Waals surface area contributed by atoms with Crippen LogP contribution < -0.4 is 5.32 Å². The second-order valence-corrected chi connectivity index (χ2v) is 5.37. The van der Waals surface area contributed by atoms with Crippen LogP contribution in [-0.4, -0.2) is 10.9 Å². The highest BCUT2D eigenvalue weighted by Crippen LogP contribution is 2.23. The lowest BCUT2D eigenvalue weighted by Gasteiger charge is -2.10. The molecular weight excluding hydrogens is 280 g/mol. The summed E-state index contributed by atoms with van der Waals surface area (Å²) in [5, 5.41) is 4.94. The molecule has 2 aromatic carbocycles. The first-order valence-corrected chi connectivity index (χ1v) is 7.03. The number of anilines is 1. The van der Waals surface area contributed by atoms with Gasteiger partial charge in [-0.1, -0.05) is 18.2 Å². The van der Waals surface area contributed by atoms with Crippen LogP contribution in [0.2, 0.25) is 0 Å². The summed E-state index contributed by atoms with van der Waals surface area (Å²) >= 11 is 4.29. The number of nitrogens with zero attached hydrogens (tertiary/aromatic N) is 1. The summed E-state index contributed by atoms with van der Waals surface area (Å²) in [5.41, 5.74) is 2.34. The van der Waals surface area contributed by atoms with Crippen LogP contribution in [0.15, 0.2) is 59.8 Å². The lowest BCUT2D eigenvalue weighted by atomic mass is 10.1. The third-order valence-electron chi connectivity index (χ3n) is 3.39. The molecule has 0 spiro atoms. The Balaban J connectivity index is 1.99. The molecule has 104 valence electrons. The number of carbonyl (C=O) groups excluding carboxylic acids is 1. The summed E-state index contributed by atoms with van der Waals surface area (Å²) in [6.07, 6.45) is 3.50. The predicted molar refractivity (Wildman–Crippen MR) is 88.1 cm³/mol. The van der Waals surface area contributed by atoms with E-state index in [0.717, 1.165) is 26.9 Å². The number of carbonyl (C=O) groups is 1. The SMILES string of the molecule is Cc1ccc(S)cc1C(=O)Nc1cccc2cnccc12. The number of aromatic nitrogens is 1. The molecule has 0 saturated carbocycles. The lowest BCUT2D eigenvalue weighted by Crippen LogP contribution is -2.13. The molecule has 1 heterocycles. The van der Waals surface area contributed by atoms with Crippen LogP contribution in [-0.2, 0) is 0 Å². The highest BCUT2D eigenvalue weighted by Gasteiger charge is 2.11. The van der Waals surface area contributed by atoms with Crippen molar-refractivity contribution in [3.05, 3.63) is 66.0 Å². The van der Waals surface area contributed by atoms with E-state index in [1.807, 2.05) is 43.3 Å². The van der Waals surface area contributed by atoms with E-state index >= 15 is 0 Å². The Morgan fingerprint density at radius 1 is 1.19 bits per heavy atom. The van der Waals surface area contributed by atoms with Gasteiger partial charge in [0.25, 0.3) is 5.91 Å². The van der Waals surface area contributed by atoms with Gasteiger partial charge in [-0.25, -0.2) is 0 Å². The molecule has 0 aliphatic carbocycles. The van der Waals surface area contributed by atoms with Gasteiger partial charge in [0, 0.05) is 39.3 Å². The van der Waals surface area contributed by atoms with Crippen LogP contribution in [0.3, 0.4) is 0 Å². The molecule has 1 N–H and O–H groups in total. The van der Waals surface area contributed by atoms with Crippen LogP contribution in [0.25, 0.3) is 10.8 Å². The number of pyridine rings is 1. The van der Waals surface area contributed by atoms with Crippen LogP contribution in [0.5, 0.6) is 0 Å². The molecule has 0 fully saturated rings. The molecule has 3 aromatic rings. The van der Waals surface area contributed by atoms with Crippen LogP contribution in [0, 0.1) is 6.92 Å². The van der Waals surface area contributed by atoms with Gasteiger partial charge in [-0.2, -0.15) is 0 Å². The number of hydrogen-bond donors (Lipinski definition) is 2. The summed E-state index contributed by atoms with van der Waals surface area (Å²) in [4.78, 5) is 17.3. The van der Waals surface area contributed by atoms with E-state index in [4.69, 9.17) is 0 Å². The first kappa shape index (κ1) is 13.6. The quantitative estimate of drug-likeness (QED) is 0.699. The van der Waals surface area contributed by atoms with Crippen molar-refractivity contribution in [2.24, 2.45) is 0 Å². The Morgan fingerprint density at radius 2 is 2.05 bits per heavy atom. The van der Waals surface area contributed by atoms with Gasteiger partial charge >= 0.3 is 0 Å². The highest BCUT2D eigenvalue weighted by molar-refractivity contribution is 7.80. The first-order chi connectivity index (χ1) is 10.1. The zero-order valence-corrected chi connectivity index (χ0v) is 12.4. The lowest BCUT2D eigenvalue weighted by molar-refractivity contribution is 0.102. The minimum Gasteiger partial charge on any atom is -0.321 e. The van der Waals surface area contributed by atoms with Gasteiger partial charge in [-0.05, 0) is 36.8 Å². The third-order valence-corrected chi connectivity index (χ3v) is 3.67. The Kier molecular flexibility index (Phi) is 3.62. The van der Waals surface area contributed by atoms with E-state index in [-0.39, 0.29) is 5.91 Å². The zero-order chi connectivity index (χ0) is 14.8. The fraction of sp³-hybridized carbons (Fsp3) is 0.0588. The van der Waals surface area contributed by atoms with Gasteiger partial charge in [-0.15, -0.1) is 12.6 Å². The number of nitrogens with one attached hydrogen (secondary N) is 1. The molecule has 0 aliphatic heterocycles. The molecule has 4 heteroatoms. The normalized spacial score (nSPS) is 10.6. The van der Waals surface area contributed by atoms with E-state index in [1.54, 1.807) is 18.5 Å². The van der Waals surface area contributed by atoms with Crippen molar-refractivity contribution in [1.82, 2.24) is 4.98 Å². The average Bonchev–Trinajstić information content (AvgIpc) is 2.50. The smallest absolute Gasteiger partial charge is 0.255 e. The number of amides is 1. The summed E-state index contributed by atoms with van der Waals surface area (Å²) in [5.74, 6) is -0.132. The molecule has 1 amide bonds. The third kappa shape index (κ3) is 2.76. The van der Waals surface area contributed by atoms with E-state index < -0.39 is 0 Å². The minimum atomic E-state index is -0.132. The molecule has 1 aromatic heterocycles. The molecule has 0 saturated heterocycles. The molecule has 0 atom stereocenters. The van der Waals surface area contributed by atoms with Crippen LogP contribution in [0.1, 0.15) is 15.9 Å². The topological polar surface area (TPSA) is 42.0 Å². The molecule has 0 unspecified atom stereocenters. The van der Waals surface area contributed by atoms with Gasteiger partial charge in [-0.3, -0.25) is 9.78 Å². The van der Waals surface area contributed by atoms with Crippen molar-refractivity contribution >= 4 is 35.0 Å². The van der Waals surface area contributed by atoms with Crippen molar-refractivity contribution in [3.8, 4) is 0 Å². The van der Waals surface area contributed by atoms with E-state index in [9.17, 15) is 4.79 Å². The fourth-order valence-corrected chi connectivity index (χ4v) is 2.48. The van der Waals surface area contributed by atoms with Gasteiger partial charge < -0.3 is 5.32 Å². The zero-order valence-electron chi connectivity index (χ0n) is 11.5. The fourth-order valence-electron chi connectivity index (χ4n) is 2.28. The van der Waals surface area contributed by atoms with E-state index in [1.165, 1.54) is 0 Å². The minimum absolute atomic E-state index is 0.132. The number of aryl methyl sites for hydroxylation is 1. The summed E-state index contributed by atoms with van der Waals surface area (Å²) < 4.78 is 0. The Bertz CT molecular complexity index is 825. The Hall–Kier alpha value is -2.33. The van der Waals surface area contributed by atoms with Crippen molar-refractivity contribution in [1.29, 1.82) is 0 Å². The molecule has 0 bridgehead atoms. The molecule has 3 nitrogen and oxygen atoms in total. The van der Waals surface area contributed by atoms with Gasteiger partial charge in [0.15, 0.2) is 0 Å². The summed E-state index contributed by atoms with van der Waals surface area (Å²) in [6.45, 7) is 1.91. The van der Waals surface area contributed by atoms with Crippen molar-refractivity contribution in [2.45, 2.75) is 11.8 Å². The molecular formula is C17H14N2OS. The number of hydrogen-bond acceptors (Lipinski definition) is 3. The first-order valence-electron chi connectivity index (χ1n) is 6.59. The monoisotopic (exact) mass is 294 g/mol. The Labute approximate surface area is 128 Å². The number of thiol groups is 1. The highest BCUT2D eigenvalue weighted by atomic mass is 32.1. The van der Waals surface area contributed by atoms with Crippen LogP contribution in [0.4, 0.5) is 5.69 Å². The van der Waals surface area contributed by atoms with E-state index in [2.05, 4.69) is 22.9 Å². The van der Waals surface area contributed by atoms with Crippen molar-refractivity contribution in [2.75, 3.05) is 5.32 Å². The van der Waals surface area contributed by atoms with Gasteiger partial charge in [0.1, 0.15) is 0 Å². The number of fused-ring (bicyclic) bond motifs is 1. The standard InChI is InChI=1S/C17H14N2OS/c1-11-5-6-13(21)9-15(11)17(20)19-16-4-2-3-12-10-18-8-7-14(12)16/h2-10,21H,1H3,(H,19,20). The summed E-state index contributed by atoms with van der Waals surface area (Å²) in [7, 11) is 0. The summed E-state index contributed by atoms with van der Waals surface area (Å²) in [6, 6.07) is 13.2. The predicted octanol–water partition coefficient (Wildman–Crippen LogP) is 4.08. The molecule has 0 radical (unpaired) electrons. The number of benzene rings is 2.